The number of anilines is 3. The van der Waals surface area contributed by atoms with Gasteiger partial charge in [0.15, 0.2) is 9.84 Å². The van der Waals surface area contributed by atoms with Gasteiger partial charge in [0.2, 0.25) is 0 Å². The molecule has 6 nitrogen and oxygen atoms in total. The molecule has 0 radical (unpaired) electrons. The number of hydrogen-bond donors (Lipinski definition) is 1. The zero-order valence-electron chi connectivity index (χ0n) is 14.6. The molecule has 1 aliphatic heterocycles. The monoisotopic (exact) mass is 360 g/mol. The largest absolute Gasteiger partial charge is 0.353 e. The van der Waals surface area contributed by atoms with E-state index >= 15 is 0 Å². The van der Waals surface area contributed by atoms with E-state index in [0.29, 0.717) is 18.8 Å². The minimum atomic E-state index is -2.93. The third-order valence-corrected chi connectivity index (χ3v) is 6.35. The van der Waals surface area contributed by atoms with Crippen molar-refractivity contribution in [1.82, 2.24) is 9.97 Å². The molecule has 1 atom stereocenters. The number of hydrogen-bond acceptors (Lipinski definition) is 6. The predicted octanol–water partition coefficient (Wildman–Crippen LogP) is 2.80. The minimum Gasteiger partial charge on any atom is -0.353 e. The number of aromatic nitrogens is 2. The molecule has 0 bridgehead atoms. The first-order chi connectivity index (χ1) is 12.0. The van der Waals surface area contributed by atoms with Crippen molar-refractivity contribution < 1.29 is 8.42 Å². The standard InChI is InChI=1S/C18H24N4O2S/c1-3-14-7-5-6-8-16(14)21-17-11-18(20-13-19-17)22(4-2)15-9-10-25(23,24)12-15/h5-8,11,13,15H,3-4,9-10,12H2,1-2H3,(H,19,20,21). The summed E-state index contributed by atoms with van der Waals surface area (Å²) in [7, 11) is -2.93. The van der Waals surface area contributed by atoms with Crippen LogP contribution in [0.4, 0.5) is 17.3 Å². The molecule has 25 heavy (non-hydrogen) atoms. The van der Waals surface area contributed by atoms with Gasteiger partial charge in [-0.05, 0) is 31.4 Å². The van der Waals surface area contributed by atoms with Crippen molar-refractivity contribution in [2.75, 3.05) is 28.3 Å². The first kappa shape index (κ1) is 17.7. The van der Waals surface area contributed by atoms with E-state index in [1.807, 2.05) is 31.2 Å². The van der Waals surface area contributed by atoms with Gasteiger partial charge in [-0.15, -0.1) is 0 Å². The Labute approximate surface area is 149 Å². The Morgan fingerprint density at radius 1 is 1.24 bits per heavy atom. The summed E-state index contributed by atoms with van der Waals surface area (Å²) in [5.74, 6) is 1.93. The molecule has 0 amide bonds. The highest BCUT2D eigenvalue weighted by Gasteiger charge is 2.32. The SMILES string of the molecule is CCc1ccccc1Nc1cc(N(CC)C2CCS(=O)(=O)C2)ncn1. The molecular formula is C18H24N4O2S. The molecule has 1 N–H and O–H groups in total. The number of nitrogens with one attached hydrogen (secondary N) is 1. The fourth-order valence-electron chi connectivity index (χ4n) is 3.29. The van der Waals surface area contributed by atoms with E-state index < -0.39 is 9.84 Å². The number of benzene rings is 1. The fraction of sp³-hybridized carbons (Fsp3) is 0.444. The van der Waals surface area contributed by atoms with Gasteiger partial charge in [-0.25, -0.2) is 18.4 Å². The molecule has 2 heterocycles. The molecule has 1 fully saturated rings. The van der Waals surface area contributed by atoms with Gasteiger partial charge in [-0.2, -0.15) is 0 Å². The molecule has 3 rings (SSSR count). The quantitative estimate of drug-likeness (QED) is 0.854. The summed E-state index contributed by atoms with van der Waals surface area (Å²) in [4.78, 5) is 10.7. The van der Waals surface area contributed by atoms with Crippen molar-refractivity contribution in [2.24, 2.45) is 0 Å². The highest BCUT2D eigenvalue weighted by Crippen LogP contribution is 2.26. The lowest BCUT2D eigenvalue weighted by Gasteiger charge is -2.28. The molecule has 0 spiro atoms. The Kier molecular flexibility index (Phi) is 5.22. The second kappa shape index (κ2) is 7.39. The van der Waals surface area contributed by atoms with Crippen LogP contribution in [0.25, 0.3) is 0 Å². The Morgan fingerprint density at radius 2 is 2.04 bits per heavy atom. The van der Waals surface area contributed by atoms with Gasteiger partial charge in [0, 0.05) is 24.3 Å². The van der Waals surface area contributed by atoms with E-state index in [2.05, 4.69) is 33.2 Å². The van der Waals surface area contributed by atoms with Crippen molar-refractivity contribution in [3.63, 3.8) is 0 Å². The second-order valence-electron chi connectivity index (χ2n) is 6.24. The summed E-state index contributed by atoms with van der Waals surface area (Å²) in [6.07, 6.45) is 3.11. The number of rotatable bonds is 6. The first-order valence-corrected chi connectivity index (χ1v) is 10.5. The minimum absolute atomic E-state index is 0.0133. The van der Waals surface area contributed by atoms with Crippen molar-refractivity contribution >= 4 is 27.2 Å². The zero-order valence-corrected chi connectivity index (χ0v) is 15.5. The maximum atomic E-state index is 11.8. The molecule has 1 aliphatic rings. The van der Waals surface area contributed by atoms with Gasteiger partial charge in [0.05, 0.1) is 11.5 Å². The van der Waals surface area contributed by atoms with Crippen molar-refractivity contribution in [3.8, 4) is 0 Å². The molecule has 1 unspecified atom stereocenters. The highest BCUT2D eigenvalue weighted by atomic mass is 32.2. The van der Waals surface area contributed by atoms with E-state index in [1.165, 1.54) is 11.9 Å². The van der Waals surface area contributed by atoms with Gasteiger partial charge in [-0.1, -0.05) is 25.1 Å². The normalized spacial score (nSPS) is 18.9. The van der Waals surface area contributed by atoms with Crippen LogP contribution in [0.2, 0.25) is 0 Å². The van der Waals surface area contributed by atoms with Gasteiger partial charge in [0.25, 0.3) is 0 Å². The summed E-state index contributed by atoms with van der Waals surface area (Å²) >= 11 is 0. The molecule has 0 aliphatic carbocycles. The van der Waals surface area contributed by atoms with Gasteiger partial charge < -0.3 is 10.2 Å². The van der Waals surface area contributed by atoms with E-state index in [9.17, 15) is 8.42 Å². The molecule has 7 heteroatoms. The van der Waals surface area contributed by atoms with E-state index in [1.54, 1.807) is 0 Å². The van der Waals surface area contributed by atoms with E-state index in [-0.39, 0.29) is 17.5 Å². The topological polar surface area (TPSA) is 75.2 Å². The lowest BCUT2D eigenvalue weighted by Crippen LogP contribution is -2.36. The number of nitrogens with zero attached hydrogens (tertiary/aromatic N) is 3. The average molecular weight is 360 g/mol. The maximum Gasteiger partial charge on any atom is 0.152 e. The number of sulfone groups is 1. The molecule has 134 valence electrons. The first-order valence-electron chi connectivity index (χ1n) is 8.66. The van der Waals surface area contributed by atoms with Crippen LogP contribution in [0.15, 0.2) is 36.7 Å². The Hall–Kier alpha value is -2.15. The van der Waals surface area contributed by atoms with E-state index in [0.717, 1.165) is 17.9 Å². The second-order valence-corrected chi connectivity index (χ2v) is 8.47. The predicted molar refractivity (Wildman–Crippen MR) is 101 cm³/mol. The molecule has 1 aromatic carbocycles. The van der Waals surface area contributed by atoms with Crippen molar-refractivity contribution in [1.29, 1.82) is 0 Å². The Morgan fingerprint density at radius 3 is 2.72 bits per heavy atom. The number of aryl methyl sites for hydroxylation is 1. The van der Waals surface area contributed by atoms with Crippen LogP contribution in [-0.2, 0) is 16.3 Å². The van der Waals surface area contributed by atoms with Gasteiger partial charge in [-0.3, -0.25) is 0 Å². The summed E-state index contributed by atoms with van der Waals surface area (Å²) in [5.41, 5.74) is 2.25. The highest BCUT2D eigenvalue weighted by molar-refractivity contribution is 7.91. The van der Waals surface area contributed by atoms with Gasteiger partial charge >= 0.3 is 0 Å². The zero-order chi connectivity index (χ0) is 17.9. The van der Waals surface area contributed by atoms with Crippen molar-refractivity contribution in [3.05, 3.63) is 42.2 Å². The van der Waals surface area contributed by atoms with Crippen LogP contribution >= 0.6 is 0 Å². The Balaban J connectivity index is 1.83. The number of para-hydroxylation sites is 1. The fourth-order valence-corrected chi connectivity index (χ4v) is 5.02. The third-order valence-electron chi connectivity index (χ3n) is 4.60. The van der Waals surface area contributed by atoms with Crippen LogP contribution in [0.3, 0.4) is 0 Å². The smallest absolute Gasteiger partial charge is 0.152 e. The summed E-state index contributed by atoms with van der Waals surface area (Å²) in [6, 6.07) is 10.0. The van der Waals surface area contributed by atoms with Gasteiger partial charge in [0.1, 0.15) is 18.0 Å². The van der Waals surface area contributed by atoms with Crippen LogP contribution in [0.5, 0.6) is 0 Å². The lowest BCUT2D eigenvalue weighted by molar-refractivity contribution is 0.599. The Bertz CT molecular complexity index is 838. The van der Waals surface area contributed by atoms with Crippen LogP contribution in [-0.4, -0.2) is 42.5 Å². The maximum absolute atomic E-state index is 11.8. The molecule has 0 saturated carbocycles. The third kappa shape index (κ3) is 4.10. The molecule has 1 aromatic heterocycles. The average Bonchev–Trinajstić information content (AvgIpc) is 2.96. The summed E-state index contributed by atoms with van der Waals surface area (Å²) in [5, 5.41) is 3.35. The van der Waals surface area contributed by atoms with Crippen LogP contribution in [0.1, 0.15) is 25.8 Å². The molecular weight excluding hydrogens is 336 g/mol. The van der Waals surface area contributed by atoms with Crippen molar-refractivity contribution in [2.45, 2.75) is 32.7 Å². The van der Waals surface area contributed by atoms with E-state index in [4.69, 9.17) is 0 Å². The molecule has 1 saturated heterocycles. The lowest BCUT2D eigenvalue weighted by atomic mass is 10.1. The van der Waals surface area contributed by atoms with Crippen LogP contribution < -0.4 is 10.2 Å². The molecule has 2 aromatic rings. The van der Waals surface area contributed by atoms with Crippen LogP contribution in [0, 0.1) is 0 Å². The summed E-state index contributed by atoms with van der Waals surface area (Å²) in [6.45, 7) is 4.85. The summed E-state index contributed by atoms with van der Waals surface area (Å²) < 4.78 is 23.6.